The molecule has 378 valence electrons. The number of piperidine rings is 4. The standard InChI is InChI=1S/C12H20N4O2.C11H21NO2.C10H19NO3.C7H12N4.C2H3N3.CH2Cl2.ClH/c1-12(2,3)18-11(17)15-8-4-10(5-9-15)16-13-6-7-14-16;1-9-5-7-12(8-6-9)10(13)14-11(2,3)4;1-10(2,3)14-9(13)11-6-4-8(12)5-7-11;1-3-8-4-2-7(1)11-9-5-6-10-11;1-2-4-5-3-1;2-1-3;/h6-7,10H,4-5,8-9H2,1-3H3;9H,5-8H2,1-4H3;8,12H,4-7H2,1-3H3;5-8H,1-4H2;1-2H,(H,3,4,5);1H2;1H. The molecule has 0 spiro atoms. The Labute approximate surface area is 407 Å². The number of hydrogen-bond donors (Lipinski definition) is 3. The molecule has 4 aliphatic heterocycles. The minimum absolute atomic E-state index is 0. The van der Waals surface area contributed by atoms with Crippen LogP contribution in [-0.4, -0.2) is 164 Å². The van der Waals surface area contributed by atoms with Gasteiger partial charge in [-0.3, -0.25) is 0 Å². The van der Waals surface area contributed by atoms with Crippen molar-refractivity contribution >= 4 is 53.9 Å². The number of aromatic amines is 1. The first-order chi connectivity index (χ1) is 30.6. The van der Waals surface area contributed by atoms with Gasteiger partial charge < -0.3 is 39.3 Å². The molecule has 0 saturated carbocycles. The first-order valence-electron chi connectivity index (χ1n) is 22.6. The molecule has 3 N–H and O–H groups in total. The predicted octanol–water partition coefficient (Wildman–Crippen LogP) is 7.73. The molecule has 7 rings (SSSR count). The van der Waals surface area contributed by atoms with Crippen molar-refractivity contribution in [1.29, 1.82) is 0 Å². The number of ether oxygens (including phenoxy) is 3. The molecular formula is C43H78Cl3N13O7. The third-order valence-corrected chi connectivity index (χ3v) is 9.83. The Kier molecular flexibility index (Phi) is 28.3. The van der Waals surface area contributed by atoms with Gasteiger partial charge in [-0.1, -0.05) is 6.92 Å². The Hall–Kier alpha value is -3.98. The molecule has 0 unspecified atom stereocenters. The first-order valence-corrected chi connectivity index (χ1v) is 23.6. The minimum atomic E-state index is -0.437. The number of alkyl halides is 2. The van der Waals surface area contributed by atoms with Crippen molar-refractivity contribution in [1.82, 2.24) is 65.4 Å². The number of aliphatic hydroxyl groups excluding tert-OH is 1. The van der Waals surface area contributed by atoms with Crippen LogP contribution in [0.25, 0.3) is 0 Å². The molecule has 4 aliphatic rings. The second-order valence-corrected chi connectivity index (χ2v) is 19.8. The van der Waals surface area contributed by atoms with Crippen molar-refractivity contribution in [2.75, 3.05) is 57.7 Å². The summed E-state index contributed by atoms with van der Waals surface area (Å²) in [6, 6.07) is 0.810. The SMILES string of the molecule is CC(C)(C)OC(=O)N1CCC(O)CC1.CC(C)(C)OC(=O)N1CCC(n2nccn2)CC1.CC1CCN(C(=O)OC(C)(C)C)CC1.Cl.ClCCl.c1cn[nH]n1.c1cnn(C2CCNCC2)n1. The van der Waals surface area contributed by atoms with E-state index in [9.17, 15) is 19.5 Å². The van der Waals surface area contributed by atoms with E-state index in [1.807, 2.05) is 72.0 Å². The summed E-state index contributed by atoms with van der Waals surface area (Å²) in [7, 11) is 0. The lowest BCUT2D eigenvalue weighted by Gasteiger charge is -2.32. The lowest BCUT2D eigenvalue weighted by molar-refractivity contribution is 0.00979. The molecule has 0 bridgehead atoms. The number of aliphatic hydroxyl groups is 1. The van der Waals surface area contributed by atoms with Crippen molar-refractivity contribution < 1.29 is 33.7 Å². The summed E-state index contributed by atoms with van der Waals surface area (Å²) in [6.45, 7) is 25.6. The van der Waals surface area contributed by atoms with E-state index in [1.54, 1.807) is 51.8 Å². The van der Waals surface area contributed by atoms with Crippen molar-refractivity contribution in [2.24, 2.45) is 5.92 Å². The molecule has 66 heavy (non-hydrogen) atoms. The highest BCUT2D eigenvalue weighted by atomic mass is 35.5. The Bertz CT molecular complexity index is 1600. The fourth-order valence-corrected chi connectivity index (χ4v) is 6.53. The molecule has 3 aromatic rings. The number of hydrogen-bond acceptors (Lipinski definition) is 14. The highest BCUT2D eigenvalue weighted by Gasteiger charge is 2.29. The molecule has 0 atom stereocenters. The van der Waals surface area contributed by atoms with Gasteiger partial charge in [0.15, 0.2) is 0 Å². The van der Waals surface area contributed by atoms with Gasteiger partial charge in [-0.2, -0.15) is 45.4 Å². The third kappa shape index (κ3) is 27.0. The van der Waals surface area contributed by atoms with Gasteiger partial charge in [0, 0.05) is 39.3 Å². The number of carbonyl (C=O) groups is 3. The summed E-state index contributed by atoms with van der Waals surface area (Å²) in [5.74, 6) is 0.744. The van der Waals surface area contributed by atoms with Crippen molar-refractivity contribution in [2.45, 2.75) is 156 Å². The molecule has 4 fully saturated rings. The van der Waals surface area contributed by atoms with Crippen LogP contribution in [0.1, 0.15) is 133 Å². The average molecular weight is 996 g/mol. The Balaban J connectivity index is 0.000000418. The number of carbonyl (C=O) groups excluding carboxylic acids is 3. The maximum Gasteiger partial charge on any atom is 0.410 e. The van der Waals surface area contributed by atoms with E-state index in [2.05, 4.69) is 48.0 Å². The van der Waals surface area contributed by atoms with Crippen LogP contribution in [0.3, 0.4) is 0 Å². The second-order valence-electron chi connectivity index (χ2n) is 19.0. The summed E-state index contributed by atoms with van der Waals surface area (Å²) >= 11 is 9.53. The molecule has 23 heteroatoms. The quantitative estimate of drug-likeness (QED) is 0.165. The van der Waals surface area contributed by atoms with Gasteiger partial charge in [0.1, 0.15) is 16.8 Å². The van der Waals surface area contributed by atoms with Crippen LogP contribution in [0.4, 0.5) is 14.4 Å². The van der Waals surface area contributed by atoms with Crippen LogP contribution in [0.5, 0.6) is 0 Å². The molecule has 0 radical (unpaired) electrons. The fraction of sp³-hybridized carbons (Fsp3) is 0.791. The zero-order valence-electron chi connectivity index (χ0n) is 40.8. The second kappa shape index (κ2) is 31.1. The summed E-state index contributed by atoms with van der Waals surface area (Å²) in [5.41, 5.74) is -1.25. The zero-order chi connectivity index (χ0) is 48.5. The number of rotatable bonds is 2. The van der Waals surface area contributed by atoms with E-state index in [-0.39, 0.29) is 47.7 Å². The van der Waals surface area contributed by atoms with E-state index in [1.165, 1.54) is 0 Å². The van der Waals surface area contributed by atoms with E-state index >= 15 is 0 Å². The lowest BCUT2D eigenvalue weighted by atomic mass is 10.00. The predicted molar refractivity (Wildman–Crippen MR) is 257 cm³/mol. The molecule has 3 amide bonds. The largest absolute Gasteiger partial charge is 0.444 e. The topological polar surface area (TPSA) is 224 Å². The Morgan fingerprint density at radius 3 is 1.17 bits per heavy atom. The highest BCUT2D eigenvalue weighted by Crippen LogP contribution is 2.23. The highest BCUT2D eigenvalue weighted by molar-refractivity contribution is 6.40. The van der Waals surface area contributed by atoms with Crippen LogP contribution < -0.4 is 5.32 Å². The zero-order valence-corrected chi connectivity index (χ0v) is 43.1. The lowest BCUT2D eigenvalue weighted by Crippen LogP contribution is -2.42. The van der Waals surface area contributed by atoms with Crippen LogP contribution in [0.15, 0.2) is 37.2 Å². The van der Waals surface area contributed by atoms with Gasteiger partial charge in [-0.15, -0.1) is 35.6 Å². The van der Waals surface area contributed by atoms with E-state index < -0.39 is 11.2 Å². The van der Waals surface area contributed by atoms with Crippen molar-refractivity contribution in [3.05, 3.63) is 37.2 Å². The smallest absolute Gasteiger partial charge is 0.410 e. The molecule has 4 saturated heterocycles. The maximum absolute atomic E-state index is 11.9. The Morgan fingerprint density at radius 2 is 0.864 bits per heavy atom. The molecule has 3 aromatic heterocycles. The van der Waals surface area contributed by atoms with Gasteiger partial charge in [0.25, 0.3) is 0 Å². The number of aromatic nitrogens is 9. The number of amides is 3. The van der Waals surface area contributed by atoms with Crippen molar-refractivity contribution in [3.8, 4) is 0 Å². The summed E-state index contributed by atoms with van der Waals surface area (Å²) in [4.78, 5) is 43.8. The van der Waals surface area contributed by atoms with Crippen LogP contribution >= 0.6 is 35.6 Å². The van der Waals surface area contributed by atoms with E-state index in [4.69, 9.17) is 37.4 Å². The number of nitrogens with zero attached hydrogens (tertiary/aromatic N) is 11. The maximum atomic E-state index is 11.9. The van der Waals surface area contributed by atoms with Gasteiger partial charge in [-0.25, -0.2) is 14.4 Å². The van der Waals surface area contributed by atoms with Gasteiger partial charge in [-0.05, 0) is 133 Å². The van der Waals surface area contributed by atoms with Gasteiger partial charge in [0.2, 0.25) is 0 Å². The summed E-state index contributed by atoms with van der Waals surface area (Å²) in [5, 5.41) is 38.6. The molecule has 7 heterocycles. The molecule has 0 aliphatic carbocycles. The van der Waals surface area contributed by atoms with Crippen LogP contribution in [0.2, 0.25) is 0 Å². The number of nitrogens with one attached hydrogen (secondary N) is 2. The molecule has 20 nitrogen and oxygen atoms in total. The fourth-order valence-electron chi connectivity index (χ4n) is 6.53. The number of likely N-dealkylation sites (tertiary alicyclic amines) is 3. The normalized spacial score (nSPS) is 17.4. The van der Waals surface area contributed by atoms with E-state index in [0.717, 1.165) is 70.6 Å². The third-order valence-electron chi connectivity index (χ3n) is 9.83. The van der Waals surface area contributed by atoms with E-state index in [0.29, 0.717) is 51.1 Å². The van der Waals surface area contributed by atoms with Gasteiger partial charge >= 0.3 is 18.3 Å². The minimum Gasteiger partial charge on any atom is -0.444 e. The number of H-pyrrole nitrogens is 1. The first kappa shape index (κ1) is 60.0. The number of halogens is 3. The van der Waals surface area contributed by atoms with Crippen LogP contribution in [0, 0.1) is 5.92 Å². The average Bonchev–Trinajstić information content (AvgIpc) is 4.08. The monoisotopic (exact) mass is 994 g/mol. The summed E-state index contributed by atoms with van der Waals surface area (Å²) < 4.78 is 15.9. The van der Waals surface area contributed by atoms with Gasteiger partial charge in [0.05, 0.1) is 60.7 Å². The molecular weight excluding hydrogens is 917 g/mol. The Morgan fingerprint density at radius 1 is 0.561 bits per heavy atom. The summed E-state index contributed by atoms with van der Waals surface area (Å²) in [6.07, 6.45) is 16.6. The molecule has 0 aromatic carbocycles. The van der Waals surface area contributed by atoms with Crippen LogP contribution in [-0.2, 0) is 14.2 Å². The van der Waals surface area contributed by atoms with Crippen molar-refractivity contribution in [3.63, 3.8) is 0 Å².